The van der Waals surface area contributed by atoms with E-state index in [0.717, 1.165) is 61.0 Å². The number of nitrogens with one attached hydrogen (secondary N) is 1. The molecular weight excluding hydrogens is 612 g/mol. The summed E-state index contributed by atoms with van der Waals surface area (Å²) in [5.74, 6) is -0.238. The highest BCUT2D eigenvalue weighted by Crippen LogP contribution is 2.38. The van der Waals surface area contributed by atoms with Crippen LogP contribution in [0.3, 0.4) is 0 Å². The van der Waals surface area contributed by atoms with Crippen LogP contribution in [0.5, 0.6) is 0 Å². The molecule has 2 aliphatic carbocycles. The topological polar surface area (TPSA) is 92.6 Å². The maximum atomic E-state index is 14.3. The number of carbonyl (C=O) groups excluding carboxylic acids is 2. The van der Waals surface area contributed by atoms with Crippen LogP contribution < -0.4 is 5.32 Å². The molecule has 2 fully saturated rings. The predicted octanol–water partition coefficient (Wildman–Crippen LogP) is 6.57. The Bertz CT molecular complexity index is 1750. The Labute approximate surface area is 280 Å². The van der Waals surface area contributed by atoms with Crippen LogP contribution in [0.15, 0.2) is 73.3 Å². The molecule has 1 N–H and O–H groups in total. The highest BCUT2D eigenvalue weighted by Gasteiger charge is 2.41. The predicted molar refractivity (Wildman–Crippen MR) is 181 cm³/mol. The summed E-state index contributed by atoms with van der Waals surface area (Å²) in [5, 5.41) is 3.85. The number of imidazole rings is 1. The third-order valence-corrected chi connectivity index (χ3v) is 10.1. The summed E-state index contributed by atoms with van der Waals surface area (Å²) < 4.78 is 8.09. The minimum atomic E-state index is -0.759. The number of carbonyl (C=O) groups is 2. The van der Waals surface area contributed by atoms with Gasteiger partial charge in [-0.05, 0) is 98.0 Å². The fourth-order valence-corrected chi connectivity index (χ4v) is 7.54. The number of piperazine rings is 1. The molecule has 2 aromatic carbocycles. The zero-order chi connectivity index (χ0) is 32.3. The molecule has 0 radical (unpaired) electrons. The summed E-state index contributed by atoms with van der Waals surface area (Å²) in [7, 11) is 0. The monoisotopic (exact) mass is 652 g/mol. The van der Waals surface area contributed by atoms with Crippen molar-refractivity contribution in [3.8, 4) is 0 Å². The molecular formula is C37H41ClN6O3. The first-order valence-corrected chi connectivity index (χ1v) is 17.1. The zero-order valence-corrected chi connectivity index (χ0v) is 27.5. The van der Waals surface area contributed by atoms with Crippen molar-refractivity contribution in [2.24, 2.45) is 0 Å². The number of ether oxygens (including phenoxy) is 1. The molecule has 4 aromatic rings. The van der Waals surface area contributed by atoms with E-state index in [2.05, 4.69) is 38.0 Å². The molecule has 1 unspecified atom stereocenters. The van der Waals surface area contributed by atoms with Crippen molar-refractivity contribution >= 4 is 29.3 Å². The molecule has 0 spiro atoms. The molecule has 2 amide bonds. The molecule has 9 nitrogen and oxygen atoms in total. The first-order valence-electron chi connectivity index (χ1n) is 16.7. The van der Waals surface area contributed by atoms with Gasteiger partial charge >= 0.3 is 6.09 Å². The van der Waals surface area contributed by atoms with Crippen molar-refractivity contribution in [3.05, 3.63) is 112 Å². The number of hydrogen-bond acceptors (Lipinski definition) is 6. The lowest BCUT2D eigenvalue weighted by Crippen LogP contribution is -2.60. The number of anilines is 1. The summed E-state index contributed by atoms with van der Waals surface area (Å²) in [6, 6.07) is 17.1. The molecule has 2 aromatic heterocycles. The van der Waals surface area contributed by atoms with Crippen LogP contribution >= 0.6 is 11.6 Å². The molecule has 3 aliphatic rings. The van der Waals surface area contributed by atoms with Crippen LogP contribution in [0.4, 0.5) is 10.5 Å². The van der Waals surface area contributed by atoms with Gasteiger partial charge in [0.15, 0.2) is 0 Å². The number of rotatable bonds is 6. The van der Waals surface area contributed by atoms with Crippen LogP contribution in [0, 0.1) is 6.92 Å². The largest absolute Gasteiger partial charge is 0.446 e. The lowest BCUT2D eigenvalue weighted by Gasteiger charge is -2.43. The Morgan fingerprint density at radius 1 is 1.00 bits per heavy atom. The normalized spacial score (nSPS) is 20.2. The Kier molecular flexibility index (Phi) is 9.27. The first-order chi connectivity index (χ1) is 22.9. The second-order valence-electron chi connectivity index (χ2n) is 13.0. The van der Waals surface area contributed by atoms with Crippen molar-refractivity contribution in [2.75, 3.05) is 25.0 Å². The molecule has 1 saturated heterocycles. The van der Waals surface area contributed by atoms with E-state index in [0.29, 0.717) is 36.9 Å². The van der Waals surface area contributed by atoms with Crippen molar-refractivity contribution in [1.29, 1.82) is 0 Å². The van der Waals surface area contributed by atoms with E-state index < -0.39 is 12.1 Å². The van der Waals surface area contributed by atoms with Crippen molar-refractivity contribution in [1.82, 2.24) is 24.3 Å². The molecule has 10 heteroatoms. The number of aromatic nitrogens is 3. The zero-order valence-electron chi connectivity index (χ0n) is 26.8. The van der Waals surface area contributed by atoms with E-state index in [9.17, 15) is 9.59 Å². The summed E-state index contributed by atoms with van der Waals surface area (Å²) in [6.45, 7) is 3.94. The van der Waals surface area contributed by atoms with Crippen LogP contribution in [0.25, 0.3) is 0 Å². The Balaban J connectivity index is 1.18. The highest BCUT2D eigenvalue weighted by molar-refractivity contribution is 6.30. The highest BCUT2D eigenvalue weighted by atomic mass is 35.5. The maximum absolute atomic E-state index is 14.3. The third-order valence-electron chi connectivity index (χ3n) is 9.85. The number of pyridine rings is 1. The van der Waals surface area contributed by atoms with Gasteiger partial charge in [-0.1, -0.05) is 42.3 Å². The first kappa shape index (κ1) is 31.4. The quantitative estimate of drug-likeness (QED) is 0.253. The van der Waals surface area contributed by atoms with Gasteiger partial charge in [-0.3, -0.25) is 19.6 Å². The molecule has 3 heterocycles. The lowest BCUT2D eigenvalue weighted by atomic mass is 9.95. The number of nitrogens with zero attached hydrogens (tertiary/aromatic N) is 5. The number of benzene rings is 2. The average Bonchev–Trinajstić information content (AvgIpc) is 3.41. The van der Waals surface area contributed by atoms with Crippen molar-refractivity contribution in [2.45, 2.75) is 76.6 Å². The van der Waals surface area contributed by atoms with E-state index in [1.807, 2.05) is 55.7 Å². The maximum Gasteiger partial charge on any atom is 0.410 e. The second kappa shape index (κ2) is 13.9. The lowest BCUT2D eigenvalue weighted by molar-refractivity contribution is -0.123. The fraction of sp³-hybridized carbons (Fsp3) is 0.405. The number of aryl methyl sites for hydroxylation is 3. The number of hydrogen-bond donors (Lipinski definition) is 1. The van der Waals surface area contributed by atoms with Gasteiger partial charge in [-0.25, -0.2) is 9.78 Å². The summed E-state index contributed by atoms with van der Waals surface area (Å²) >= 11 is 6.46. The van der Waals surface area contributed by atoms with Gasteiger partial charge in [0.2, 0.25) is 5.91 Å². The van der Waals surface area contributed by atoms with Crippen LogP contribution in [0.1, 0.15) is 71.8 Å². The SMILES string of the molecule is Cc1cncn1Cc1cccc(NC(=O)C2CN([C@@H]3c4ccc(Cl)cc4CCc4cccnc43)CCN2C(=O)OC2CCCCC2)c1. The minimum absolute atomic E-state index is 0.101. The molecule has 1 aliphatic heterocycles. The standard InChI is InChI=1S/C37H41ClN6O3/c1-25-21-39-24-43(25)22-26-7-5-9-30(19-26)41-36(45)33-23-42(17-18-44(33)37(46)47-31-10-3-2-4-11-31)35-32-15-14-29(38)20-28(32)13-12-27-8-6-16-40-34(27)35/h5-9,14-16,19-21,24,31,33,35H,2-4,10-13,17-18,22-23H2,1H3,(H,41,45)/t33?,35-/m1/s1. The smallest absolute Gasteiger partial charge is 0.410 e. The van der Waals surface area contributed by atoms with E-state index >= 15 is 0 Å². The van der Waals surface area contributed by atoms with Crippen LogP contribution in [-0.4, -0.2) is 68.1 Å². The van der Waals surface area contributed by atoms with Gasteiger partial charge < -0.3 is 14.6 Å². The van der Waals surface area contributed by atoms with Gasteiger partial charge in [-0.2, -0.15) is 0 Å². The molecule has 2 atom stereocenters. The van der Waals surface area contributed by atoms with E-state index in [4.69, 9.17) is 21.3 Å². The number of halogens is 1. The Morgan fingerprint density at radius 3 is 2.68 bits per heavy atom. The molecule has 0 bridgehead atoms. The van der Waals surface area contributed by atoms with Crippen LogP contribution in [0.2, 0.25) is 5.02 Å². The third kappa shape index (κ3) is 6.92. The van der Waals surface area contributed by atoms with Crippen molar-refractivity contribution < 1.29 is 14.3 Å². The molecule has 7 rings (SSSR count). The number of fused-ring (bicyclic) bond motifs is 2. The number of amides is 2. The molecule has 244 valence electrons. The minimum Gasteiger partial charge on any atom is -0.446 e. The van der Waals surface area contributed by atoms with Gasteiger partial charge in [-0.15, -0.1) is 0 Å². The summed E-state index contributed by atoms with van der Waals surface area (Å²) in [5.41, 5.74) is 7.30. The van der Waals surface area contributed by atoms with Crippen LogP contribution in [-0.2, 0) is 28.9 Å². The average molecular weight is 653 g/mol. The summed E-state index contributed by atoms with van der Waals surface area (Å²) in [4.78, 5) is 41.0. The Hall–Kier alpha value is -4.21. The van der Waals surface area contributed by atoms with Crippen molar-refractivity contribution in [3.63, 3.8) is 0 Å². The molecule has 1 saturated carbocycles. The van der Waals surface area contributed by atoms with E-state index in [1.54, 1.807) is 11.2 Å². The van der Waals surface area contributed by atoms with Gasteiger partial charge in [0.05, 0.1) is 18.1 Å². The van der Waals surface area contributed by atoms with E-state index in [-0.39, 0.29) is 18.1 Å². The van der Waals surface area contributed by atoms with Gasteiger partial charge in [0.1, 0.15) is 12.1 Å². The second-order valence-corrected chi connectivity index (χ2v) is 13.4. The van der Waals surface area contributed by atoms with E-state index in [1.165, 1.54) is 17.5 Å². The van der Waals surface area contributed by atoms with Gasteiger partial charge in [0.25, 0.3) is 0 Å². The fourth-order valence-electron chi connectivity index (χ4n) is 7.35. The molecule has 47 heavy (non-hydrogen) atoms. The summed E-state index contributed by atoms with van der Waals surface area (Å²) in [6.07, 6.45) is 11.7. The Morgan fingerprint density at radius 2 is 1.85 bits per heavy atom. The van der Waals surface area contributed by atoms with Gasteiger partial charge in [0, 0.05) is 55.0 Å².